The summed E-state index contributed by atoms with van der Waals surface area (Å²) in [7, 11) is 0. The Kier molecular flexibility index (Phi) is 5.40. The Bertz CT molecular complexity index is 853. The minimum atomic E-state index is -0.292. The van der Waals surface area contributed by atoms with Gasteiger partial charge in [-0.25, -0.2) is 9.97 Å². The van der Waals surface area contributed by atoms with Crippen molar-refractivity contribution in [2.75, 3.05) is 16.8 Å². The third-order valence-electron chi connectivity index (χ3n) is 3.61. The fourth-order valence-corrected chi connectivity index (χ4v) is 2.82. The normalized spacial score (nSPS) is 10.3. The number of nitrogens with one attached hydrogen (secondary N) is 1. The van der Waals surface area contributed by atoms with Gasteiger partial charge in [-0.1, -0.05) is 40.2 Å². The highest BCUT2D eigenvalue weighted by Crippen LogP contribution is 2.22. The van der Waals surface area contributed by atoms with Gasteiger partial charge < -0.3 is 10.2 Å². The van der Waals surface area contributed by atoms with Crippen LogP contribution in [0.15, 0.2) is 71.5 Å². The quantitative estimate of drug-likeness (QED) is 0.681. The first-order valence-electron chi connectivity index (χ1n) is 7.89. The smallest absolute Gasteiger partial charge is 0.275 e. The summed E-state index contributed by atoms with van der Waals surface area (Å²) in [5.74, 6) is 0.410. The van der Waals surface area contributed by atoms with E-state index >= 15 is 0 Å². The standard InChI is InChI=1S/C19H17BrN4O/c1-2-24(16-9-4-3-5-10-16)18-13-21-17(12-22-18)19(25)23-15-8-6-7-14(20)11-15/h3-13H,2H2,1H3,(H,23,25). The molecule has 1 amide bonds. The van der Waals surface area contributed by atoms with E-state index in [1.807, 2.05) is 66.4 Å². The van der Waals surface area contributed by atoms with Crippen LogP contribution in [0, 0.1) is 0 Å². The minimum Gasteiger partial charge on any atom is -0.325 e. The molecule has 0 radical (unpaired) electrons. The predicted octanol–water partition coefficient (Wildman–Crippen LogP) is 4.65. The van der Waals surface area contributed by atoms with E-state index in [-0.39, 0.29) is 11.6 Å². The number of hydrogen-bond donors (Lipinski definition) is 1. The first-order valence-corrected chi connectivity index (χ1v) is 8.68. The Morgan fingerprint density at radius 3 is 2.52 bits per heavy atom. The SMILES string of the molecule is CCN(c1ccccc1)c1cnc(C(=O)Nc2cccc(Br)c2)cn1. The van der Waals surface area contributed by atoms with E-state index in [1.165, 1.54) is 6.20 Å². The second-order valence-electron chi connectivity index (χ2n) is 5.30. The van der Waals surface area contributed by atoms with Crippen LogP contribution in [0.25, 0.3) is 0 Å². The van der Waals surface area contributed by atoms with Crippen LogP contribution in [0.2, 0.25) is 0 Å². The van der Waals surface area contributed by atoms with Crippen molar-refractivity contribution in [2.45, 2.75) is 6.92 Å². The topological polar surface area (TPSA) is 58.1 Å². The summed E-state index contributed by atoms with van der Waals surface area (Å²) in [6, 6.07) is 17.3. The van der Waals surface area contributed by atoms with Crippen molar-refractivity contribution in [1.29, 1.82) is 0 Å². The van der Waals surface area contributed by atoms with Crippen LogP contribution in [0.1, 0.15) is 17.4 Å². The van der Waals surface area contributed by atoms with Crippen LogP contribution >= 0.6 is 15.9 Å². The van der Waals surface area contributed by atoms with E-state index in [1.54, 1.807) is 6.20 Å². The lowest BCUT2D eigenvalue weighted by Crippen LogP contribution is -2.19. The molecule has 1 heterocycles. The lowest BCUT2D eigenvalue weighted by Gasteiger charge is -2.21. The maximum atomic E-state index is 12.3. The van der Waals surface area contributed by atoms with Gasteiger partial charge in [0.05, 0.1) is 12.4 Å². The number of rotatable bonds is 5. The van der Waals surface area contributed by atoms with Crippen molar-refractivity contribution in [3.8, 4) is 0 Å². The third-order valence-corrected chi connectivity index (χ3v) is 4.11. The first-order chi connectivity index (χ1) is 12.2. The zero-order valence-corrected chi connectivity index (χ0v) is 15.3. The Morgan fingerprint density at radius 2 is 1.88 bits per heavy atom. The van der Waals surface area contributed by atoms with Gasteiger partial charge in [0.1, 0.15) is 5.69 Å². The number of hydrogen-bond acceptors (Lipinski definition) is 4. The van der Waals surface area contributed by atoms with Crippen LogP contribution in [0.3, 0.4) is 0 Å². The van der Waals surface area contributed by atoms with Gasteiger partial charge in [-0.2, -0.15) is 0 Å². The van der Waals surface area contributed by atoms with E-state index in [4.69, 9.17) is 0 Å². The lowest BCUT2D eigenvalue weighted by atomic mass is 10.3. The maximum Gasteiger partial charge on any atom is 0.275 e. The third kappa shape index (κ3) is 4.22. The zero-order valence-electron chi connectivity index (χ0n) is 13.7. The van der Waals surface area contributed by atoms with Crippen molar-refractivity contribution in [1.82, 2.24) is 9.97 Å². The highest BCUT2D eigenvalue weighted by atomic mass is 79.9. The van der Waals surface area contributed by atoms with Gasteiger partial charge >= 0.3 is 0 Å². The number of carbonyl (C=O) groups is 1. The molecular formula is C19H17BrN4O. The Morgan fingerprint density at radius 1 is 1.08 bits per heavy atom. The molecule has 0 saturated carbocycles. The molecule has 126 valence electrons. The molecule has 0 spiro atoms. The van der Waals surface area contributed by atoms with Crippen LogP contribution in [-0.2, 0) is 0 Å². The largest absolute Gasteiger partial charge is 0.325 e. The van der Waals surface area contributed by atoms with E-state index < -0.39 is 0 Å². The molecule has 0 fully saturated rings. The van der Waals surface area contributed by atoms with E-state index in [0.717, 1.165) is 16.7 Å². The summed E-state index contributed by atoms with van der Waals surface area (Å²) in [4.78, 5) is 23.0. The summed E-state index contributed by atoms with van der Waals surface area (Å²) in [5, 5.41) is 2.81. The van der Waals surface area contributed by atoms with Gasteiger partial charge in [0.2, 0.25) is 0 Å². The number of anilines is 3. The molecule has 0 aliphatic carbocycles. The zero-order chi connectivity index (χ0) is 17.6. The van der Waals surface area contributed by atoms with Crippen molar-refractivity contribution in [3.05, 3.63) is 77.2 Å². The molecule has 6 heteroatoms. The number of para-hydroxylation sites is 1. The summed E-state index contributed by atoms with van der Waals surface area (Å²) in [6.07, 6.45) is 3.11. The molecule has 0 saturated heterocycles. The van der Waals surface area contributed by atoms with Crippen LogP contribution in [0.4, 0.5) is 17.2 Å². The minimum absolute atomic E-state index is 0.271. The average Bonchev–Trinajstić information content (AvgIpc) is 2.64. The molecule has 0 aliphatic rings. The molecule has 2 aromatic carbocycles. The molecule has 0 bridgehead atoms. The predicted molar refractivity (Wildman–Crippen MR) is 103 cm³/mol. The molecule has 1 N–H and O–H groups in total. The van der Waals surface area contributed by atoms with Crippen LogP contribution in [0.5, 0.6) is 0 Å². The van der Waals surface area contributed by atoms with Gasteiger partial charge in [-0.05, 0) is 37.3 Å². The van der Waals surface area contributed by atoms with E-state index in [0.29, 0.717) is 11.5 Å². The van der Waals surface area contributed by atoms with Crippen LogP contribution in [-0.4, -0.2) is 22.4 Å². The number of halogens is 1. The molecule has 0 unspecified atom stereocenters. The Balaban J connectivity index is 1.76. The van der Waals surface area contributed by atoms with Crippen molar-refractivity contribution in [3.63, 3.8) is 0 Å². The second kappa shape index (κ2) is 7.90. The van der Waals surface area contributed by atoms with E-state index in [9.17, 15) is 4.79 Å². The summed E-state index contributed by atoms with van der Waals surface area (Å²) < 4.78 is 0.896. The molecule has 3 aromatic rings. The molecule has 1 aromatic heterocycles. The molecular weight excluding hydrogens is 380 g/mol. The molecule has 3 rings (SSSR count). The van der Waals surface area contributed by atoms with Crippen molar-refractivity contribution in [2.24, 2.45) is 0 Å². The number of benzene rings is 2. The Labute approximate surface area is 154 Å². The average molecular weight is 397 g/mol. The van der Waals surface area contributed by atoms with E-state index in [2.05, 4.69) is 31.2 Å². The van der Waals surface area contributed by atoms with Gasteiger partial charge in [0, 0.05) is 22.4 Å². The summed E-state index contributed by atoms with van der Waals surface area (Å²) >= 11 is 3.38. The van der Waals surface area contributed by atoms with Gasteiger partial charge in [-0.15, -0.1) is 0 Å². The molecule has 0 aliphatic heterocycles. The monoisotopic (exact) mass is 396 g/mol. The summed E-state index contributed by atoms with van der Waals surface area (Å²) in [6.45, 7) is 2.80. The fourth-order valence-electron chi connectivity index (χ4n) is 2.42. The lowest BCUT2D eigenvalue weighted by molar-refractivity contribution is 0.102. The molecule has 5 nitrogen and oxygen atoms in total. The van der Waals surface area contributed by atoms with Gasteiger partial charge in [0.15, 0.2) is 5.82 Å². The van der Waals surface area contributed by atoms with Gasteiger partial charge in [-0.3, -0.25) is 4.79 Å². The Hall–Kier alpha value is -2.73. The molecule has 0 atom stereocenters. The molecule has 25 heavy (non-hydrogen) atoms. The summed E-state index contributed by atoms with van der Waals surface area (Å²) in [5.41, 5.74) is 2.00. The van der Waals surface area contributed by atoms with Crippen LogP contribution < -0.4 is 10.2 Å². The number of carbonyl (C=O) groups excluding carboxylic acids is 1. The number of aromatic nitrogens is 2. The highest BCUT2D eigenvalue weighted by Gasteiger charge is 2.12. The number of nitrogens with zero attached hydrogens (tertiary/aromatic N) is 3. The number of amides is 1. The second-order valence-corrected chi connectivity index (χ2v) is 6.22. The first kappa shape index (κ1) is 17.1. The highest BCUT2D eigenvalue weighted by molar-refractivity contribution is 9.10. The van der Waals surface area contributed by atoms with Crippen molar-refractivity contribution >= 4 is 39.0 Å². The van der Waals surface area contributed by atoms with Crippen molar-refractivity contribution < 1.29 is 4.79 Å². The maximum absolute atomic E-state index is 12.3. The van der Waals surface area contributed by atoms with Gasteiger partial charge in [0.25, 0.3) is 5.91 Å². The fraction of sp³-hybridized carbons (Fsp3) is 0.105.